The van der Waals surface area contributed by atoms with Crippen LogP contribution >= 0.6 is 0 Å². The molecule has 0 bridgehead atoms. The molecule has 0 radical (unpaired) electrons. The van der Waals surface area contributed by atoms with Gasteiger partial charge in [0.2, 0.25) is 0 Å². The molecule has 88 valence electrons. The third-order valence-corrected chi connectivity index (χ3v) is 3.24. The highest BCUT2D eigenvalue weighted by Crippen LogP contribution is 2.26. The topological polar surface area (TPSA) is 21.3 Å². The summed E-state index contributed by atoms with van der Waals surface area (Å²) in [4.78, 5) is 0. The average molecular weight is 219 g/mol. The molecule has 1 aromatic rings. The summed E-state index contributed by atoms with van der Waals surface area (Å²) in [6.07, 6.45) is 5.01. The van der Waals surface area contributed by atoms with E-state index in [4.69, 9.17) is 4.74 Å². The van der Waals surface area contributed by atoms with Gasteiger partial charge in [0.15, 0.2) is 0 Å². The van der Waals surface area contributed by atoms with E-state index in [1.165, 1.54) is 12.0 Å². The van der Waals surface area contributed by atoms with Gasteiger partial charge in [0, 0.05) is 6.04 Å². The fraction of sp³-hybridized carbons (Fsp3) is 0.571. The van der Waals surface area contributed by atoms with Gasteiger partial charge < -0.3 is 10.1 Å². The highest BCUT2D eigenvalue weighted by Gasteiger charge is 2.29. The number of nitrogens with one attached hydrogen (secondary N) is 1. The van der Waals surface area contributed by atoms with Gasteiger partial charge in [-0.1, -0.05) is 25.5 Å². The van der Waals surface area contributed by atoms with Gasteiger partial charge in [-0.3, -0.25) is 0 Å². The van der Waals surface area contributed by atoms with E-state index in [1.54, 1.807) is 0 Å². The molecular formula is C14H21NO. The van der Waals surface area contributed by atoms with Crippen molar-refractivity contribution in [2.75, 3.05) is 7.05 Å². The van der Waals surface area contributed by atoms with Crippen LogP contribution in [0.5, 0.6) is 5.75 Å². The van der Waals surface area contributed by atoms with Crippen molar-refractivity contribution in [3.05, 3.63) is 29.8 Å². The van der Waals surface area contributed by atoms with Crippen molar-refractivity contribution < 1.29 is 4.74 Å². The monoisotopic (exact) mass is 219 g/mol. The Labute approximate surface area is 98.0 Å². The van der Waals surface area contributed by atoms with Crippen molar-refractivity contribution in [1.82, 2.24) is 5.32 Å². The molecule has 2 heteroatoms. The highest BCUT2D eigenvalue weighted by molar-refractivity contribution is 5.29. The summed E-state index contributed by atoms with van der Waals surface area (Å²) in [5.41, 5.74) is 1.38. The van der Waals surface area contributed by atoms with Crippen LogP contribution in [0.2, 0.25) is 0 Å². The summed E-state index contributed by atoms with van der Waals surface area (Å²) in [5.74, 6) is 1.03. The molecule has 2 rings (SSSR count). The molecular weight excluding hydrogens is 198 g/mol. The quantitative estimate of drug-likeness (QED) is 0.822. The summed E-state index contributed by atoms with van der Waals surface area (Å²) in [5, 5.41) is 3.27. The Balaban J connectivity index is 1.87. The number of aryl methyl sites for hydroxylation is 1. The Morgan fingerprint density at radius 2 is 2.19 bits per heavy atom. The first-order valence-electron chi connectivity index (χ1n) is 6.24. The zero-order valence-corrected chi connectivity index (χ0v) is 10.2. The van der Waals surface area contributed by atoms with E-state index < -0.39 is 0 Å². The first-order valence-corrected chi connectivity index (χ1v) is 6.24. The van der Waals surface area contributed by atoms with Gasteiger partial charge >= 0.3 is 0 Å². The van der Waals surface area contributed by atoms with Crippen LogP contribution in [0.4, 0.5) is 0 Å². The van der Waals surface area contributed by atoms with Crippen LogP contribution in [0.25, 0.3) is 0 Å². The normalized spacial score (nSPS) is 23.9. The van der Waals surface area contributed by atoms with Crippen molar-refractivity contribution >= 4 is 0 Å². The average Bonchev–Trinajstić information content (AvgIpc) is 2.24. The van der Waals surface area contributed by atoms with Gasteiger partial charge in [0.25, 0.3) is 0 Å². The lowest BCUT2D eigenvalue weighted by Crippen LogP contribution is -2.45. The molecule has 1 saturated carbocycles. The Kier molecular flexibility index (Phi) is 3.83. The van der Waals surface area contributed by atoms with E-state index in [2.05, 4.69) is 36.5 Å². The minimum Gasteiger partial charge on any atom is -0.490 e. The van der Waals surface area contributed by atoms with Gasteiger partial charge in [-0.15, -0.1) is 0 Å². The van der Waals surface area contributed by atoms with Crippen LogP contribution in [-0.4, -0.2) is 19.2 Å². The van der Waals surface area contributed by atoms with Crippen molar-refractivity contribution in [1.29, 1.82) is 0 Å². The summed E-state index contributed by atoms with van der Waals surface area (Å²) >= 11 is 0. The van der Waals surface area contributed by atoms with Gasteiger partial charge in [0.05, 0.1) is 0 Å². The van der Waals surface area contributed by atoms with Crippen LogP contribution in [0, 0.1) is 0 Å². The molecule has 2 nitrogen and oxygen atoms in total. The van der Waals surface area contributed by atoms with Crippen molar-refractivity contribution in [3.8, 4) is 5.75 Å². The Hall–Kier alpha value is -1.02. The third kappa shape index (κ3) is 2.76. The maximum atomic E-state index is 5.93. The van der Waals surface area contributed by atoms with E-state index in [9.17, 15) is 0 Å². The smallest absolute Gasteiger partial charge is 0.119 e. The van der Waals surface area contributed by atoms with Crippen LogP contribution in [0.3, 0.4) is 0 Å². The van der Waals surface area contributed by atoms with Gasteiger partial charge in [-0.05, 0) is 44.0 Å². The molecule has 0 atom stereocenters. The molecule has 0 unspecified atom stereocenters. The summed E-state index contributed by atoms with van der Waals surface area (Å²) < 4.78 is 5.93. The zero-order valence-electron chi connectivity index (χ0n) is 10.2. The molecule has 1 aliphatic carbocycles. The molecule has 0 amide bonds. The van der Waals surface area contributed by atoms with Gasteiger partial charge in [0.1, 0.15) is 11.9 Å². The summed E-state index contributed by atoms with van der Waals surface area (Å²) in [6.45, 7) is 2.21. The standard InChI is InChI=1S/C14H21NO/c1-3-5-11-6-4-7-13(8-11)16-14-9-12(10-14)15-2/h4,6-8,12,14-15H,3,5,9-10H2,1-2H3. The Morgan fingerprint density at radius 1 is 1.38 bits per heavy atom. The molecule has 0 aromatic heterocycles. The number of hydrogen-bond donors (Lipinski definition) is 1. The first kappa shape index (κ1) is 11.5. The van der Waals surface area contributed by atoms with Crippen LogP contribution in [0.1, 0.15) is 31.7 Å². The largest absolute Gasteiger partial charge is 0.490 e. The number of benzene rings is 1. The van der Waals surface area contributed by atoms with Gasteiger partial charge in [-0.25, -0.2) is 0 Å². The second-order valence-corrected chi connectivity index (χ2v) is 4.59. The number of rotatable bonds is 5. The van der Waals surface area contributed by atoms with E-state index in [0.717, 1.165) is 25.0 Å². The predicted octanol–water partition coefficient (Wildman–Crippen LogP) is 2.77. The Bertz CT molecular complexity index is 331. The second-order valence-electron chi connectivity index (χ2n) is 4.59. The van der Waals surface area contributed by atoms with E-state index in [-0.39, 0.29) is 0 Å². The molecule has 1 aliphatic rings. The van der Waals surface area contributed by atoms with E-state index in [0.29, 0.717) is 12.1 Å². The fourth-order valence-electron chi connectivity index (χ4n) is 2.15. The molecule has 0 heterocycles. The van der Waals surface area contributed by atoms with E-state index in [1.807, 2.05) is 7.05 Å². The molecule has 1 N–H and O–H groups in total. The maximum Gasteiger partial charge on any atom is 0.119 e. The number of hydrogen-bond acceptors (Lipinski definition) is 2. The van der Waals surface area contributed by atoms with Crippen molar-refractivity contribution in [3.63, 3.8) is 0 Å². The lowest BCUT2D eigenvalue weighted by Gasteiger charge is -2.35. The van der Waals surface area contributed by atoms with E-state index >= 15 is 0 Å². The summed E-state index contributed by atoms with van der Waals surface area (Å²) in [6, 6.07) is 9.16. The zero-order chi connectivity index (χ0) is 11.4. The van der Waals surface area contributed by atoms with Crippen molar-refractivity contribution in [2.24, 2.45) is 0 Å². The molecule has 0 saturated heterocycles. The summed E-state index contributed by atoms with van der Waals surface area (Å²) in [7, 11) is 2.02. The second kappa shape index (κ2) is 5.35. The SMILES string of the molecule is CCCc1cccc(OC2CC(NC)C2)c1. The van der Waals surface area contributed by atoms with Crippen LogP contribution in [0.15, 0.2) is 24.3 Å². The fourth-order valence-corrected chi connectivity index (χ4v) is 2.15. The third-order valence-electron chi connectivity index (χ3n) is 3.24. The lowest BCUT2D eigenvalue weighted by molar-refractivity contribution is 0.0884. The molecule has 0 aliphatic heterocycles. The Morgan fingerprint density at radius 3 is 2.88 bits per heavy atom. The lowest BCUT2D eigenvalue weighted by atomic mass is 9.89. The predicted molar refractivity (Wildman–Crippen MR) is 66.9 cm³/mol. The first-order chi connectivity index (χ1) is 7.81. The van der Waals surface area contributed by atoms with Crippen molar-refractivity contribution in [2.45, 2.75) is 44.8 Å². The molecule has 0 spiro atoms. The molecule has 1 fully saturated rings. The minimum atomic E-state index is 0.411. The van der Waals surface area contributed by atoms with Crippen LogP contribution in [-0.2, 0) is 6.42 Å². The maximum absolute atomic E-state index is 5.93. The van der Waals surface area contributed by atoms with Crippen LogP contribution < -0.4 is 10.1 Å². The van der Waals surface area contributed by atoms with Gasteiger partial charge in [-0.2, -0.15) is 0 Å². The molecule has 1 aromatic carbocycles. The molecule has 16 heavy (non-hydrogen) atoms. The number of ether oxygens (including phenoxy) is 1. The minimum absolute atomic E-state index is 0.411. The highest BCUT2D eigenvalue weighted by atomic mass is 16.5.